The molecule has 1 aliphatic rings. The molecule has 1 unspecified atom stereocenters. The number of aromatic nitrogens is 2. The Kier molecular flexibility index (Phi) is 4.23. The Morgan fingerprint density at radius 1 is 1.04 bits per heavy atom. The predicted octanol–water partition coefficient (Wildman–Crippen LogP) is 3.61. The maximum Gasteiger partial charge on any atom is 0.274 e. The van der Waals surface area contributed by atoms with Crippen molar-refractivity contribution in [3.8, 4) is 0 Å². The second-order valence-corrected chi connectivity index (χ2v) is 5.92. The fraction of sp³-hybridized carbons (Fsp3) is 0.100. The summed E-state index contributed by atoms with van der Waals surface area (Å²) in [5, 5.41) is 5.93. The van der Waals surface area contributed by atoms with Crippen molar-refractivity contribution >= 4 is 11.6 Å². The largest absolute Gasteiger partial charge is 0.274 e. The fourth-order valence-electron chi connectivity index (χ4n) is 2.99. The van der Waals surface area contributed by atoms with Gasteiger partial charge in [0.2, 0.25) is 0 Å². The number of amides is 1. The average Bonchev–Trinajstić information content (AvgIpc) is 3.14. The van der Waals surface area contributed by atoms with Gasteiger partial charge in [-0.25, -0.2) is 9.40 Å². The lowest BCUT2D eigenvalue weighted by Gasteiger charge is -2.22. The van der Waals surface area contributed by atoms with Crippen LogP contribution >= 0.6 is 0 Å². The van der Waals surface area contributed by atoms with Crippen LogP contribution in [0.1, 0.15) is 34.1 Å². The van der Waals surface area contributed by atoms with E-state index in [1.165, 1.54) is 17.1 Å². The van der Waals surface area contributed by atoms with Gasteiger partial charge in [0, 0.05) is 30.6 Å². The SMILES string of the molecule is O=C(c1ccncc1)N1N=C(c2ccccn2)CC1c1cccc(F)c1. The van der Waals surface area contributed by atoms with Crippen molar-refractivity contribution in [3.63, 3.8) is 0 Å². The maximum atomic E-state index is 13.7. The molecule has 128 valence electrons. The van der Waals surface area contributed by atoms with E-state index in [9.17, 15) is 9.18 Å². The molecule has 3 aromatic rings. The summed E-state index contributed by atoms with van der Waals surface area (Å²) in [6.45, 7) is 0. The molecule has 1 aliphatic heterocycles. The second-order valence-electron chi connectivity index (χ2n) is 5.92. The summed E-state index contributed by atoms with van der Waals surface area (Å²) in [6, 6.07) is 14.7. The molecule has 0 fully saturated rings. The van der Waals surface area contributed by atoms with E-state index in [-0.39, 0.29) is 17.8 Å². The highest BCUT2D eigenvalue weighted by Gasteiger charge is 2.34. The summed E-state index contributed by atoms with van der Waals surface area (Å²) >= 11 is 0. The standard InChI is InChI=1S/C20H15FN4O/c21-16-5-3-4-15(12-16)19-13-18(17-6-1-2-9-23-17)24-25(19)20(26)14-7-10-22-11-8-14/h1-12,19H,13H2. The van der Waals surface area contributed by atoms with Crippen LogP contribution in [-0.4, -0.2) is 26.6 Å². The average molecular weight is 346 g/mol. The van der Waals surface area contributed by atoms with Crippen molar-refractivity contribution in [1.29, 1.82) is 0 Å². The summed E-state index contributed by atoms with van der Waals surface area (Å²) in [4.78, 5) is 21.2. The van der Waals surface area contributed by atoms with Gasteiger partial charge in [0.15, 0.2) is 0 Å². The molecule has 0 radical (unpaired) electrons. The first-order valence-corrected chi connectivity index (χ1v) is 8.20. The van der Waals surface area contributed by atoms with Gasteiger partial charge in [-0.05, 0) is 42.0 Å². The normalized spacial score (nSPS) is 16.4. The Balaban J connectivity index is 1.74. The summed E-state index contributed by atoms with van der Waals surface area (Å²) in [5.41, 5.74) is 2.58. The molecule has 0 spiro atoms. The highest BCUT2D eigenvalue weighted by Crippen LogP contribution is 2.33. The molecular weight excluding hydrogens is 331 g/mol. The van der Waals surface area contributed by atoms with Crippen LogP contribution in [0.3, 0.4) is 0 Å². The Bertz CT molecular complexity index is 960. The van der Waals surface area contributed by atoms with E-state index in [1.807, 2.05) is 18.2 Å². The van der Waals surface area contributed by atoms with Crippen LogP contribution in [0.15, 0.2) is 78.3 Å². The third kappa shape index (κ3) is 3.09. The smallest absolute Gasteiger partial charge is 0.267 e. The van der Waals surface area contributed by atoms with Gasteiger partial charge in [-0.3, -0.25) is 14.8 Å². The van der Waals surface area contributed by atoms with E-state index in [1.54, 1.807) is 42.9 Å². The highest BCUT2D eigenvalue weighted by atomic mass is 19.1. The molecule has 0 saturated heterocycles. The lowest BCUT2D eigenvalue weighted by Crippen LogP contribution is -2.27. The Morgan fingerprint density at radius 3 is 2.62 bits per heavy atom. The molecule has 0 aliphatic carbocycles. The van der Waals surface area contributed by atoms with E-state index in [0.29, 0.717) is 29.0 Å². The van der Waals surface area contributed by atoms with E-state index in [0.717, 1.165) is 0 Å². The van der Waals surface area contributed by atoms with Crippen molar-refractivity contribution in [3.05, 3.63) is 95.8 Å². The minimum Gasteiger partial charge on any atom is -0.267 e. The molecule has 0 bridgehead atoms. The lowest BCUT2D eigenvalue weighted by molar-refractivity contribution is 0.0711. The molecule has 1 aromatic carbocycles. The first-order chi connectivity index (χ1) is 12.7. The van der Waals surface area contributed by atoms with Crippen LogP contribution < -0.4 is 0 Å². The van der Waals surface area contributed by atoms with Crippen LogP contribution in [0.4, 0.5) is 4.39 Å². The topological polar surface area (TPSA) is 58.5 Å². The molecule has 0 N–H and O–H groups in total. The van der Waals surface area contributed by atoms with Crippen LogP contribution in [0, 0.1) is 5.82 Å². The minimum atomic E-state index is -0.386. The van der Waals surface area contributed by atoms with Gasteiger partial charge in [0.05, 0.1) is 17.4 Å². The van der Waals surface area contributed by atoms with Crippen LogP contribution in [0.2, 0.25) is 0 Å². The van der Waals surface area contributed by atoms with Gasteiger partial charge < -0.3 is 0 Å². The van der Waals surface area contributed by atoms with Gasteiger partial charge >= 0.3 is 0 Å². The number of hydrazone groups is 1. The van der Waals surface area contributed by atoms with E-state index >= 15 is 0 Å². The van der Waals surface area contributed by atoms with Crippen molar-refractivity contribution in [1.82, 2.24) is 15.0 Å². The van der Waals surface area contributed by atoms with E-state index in [2.05, 4.69) is 15.1 Å². The molecule has 26 heavy (non-hydrogen) atoms. The molecule has 2 aromatic heterocycles. The summed E-state index contributed by atoms with van der Waals surface area (Å²) in [6.07, 6.45) is 5.27. The van der Waals surface area contributed by atoms with Gasteiger partial charge in [-0.1, -0.05) is 18.2 Å². The summed E-state index contributed by atoms with van der Waals surface area (Å²) in [7, 11) is 0. The number of halogens is 1. The van der Waals surface area contributed by atoms with Crippen LogP contribution in [0.5, 0.6) is 0 Å². The second kappa shape index (κ2) is 6.84. The number of carbonyl (C=O) groups excluding carboxylic acids is 1. The first-order valence-electron chi connectivity index (χ1n) is 8.20. The molecule has 0 saturated carbocycles. The molecule has 1 atom stereocenters. The van der Waals surface area contributed by atoms with Crippen molar-refractivity contribution in [2.45, 2.75) is 12.5 Å². The number of pyridine rings is 2. The van der Waals surface area contributed by atoms with Gasteiger partial charge in [0.1, 0.15) is 5.82 Å². The van der Waals surface area contributed by atoms with Gasteiger partial charge in [-0.15, -0.1) is 0 Å². The van der Waals surface area contributed by atoms with E-state index < -0.39 is 0 Å². The third-order valence-corrected chi connectivity index (χ3v) is 4.24. The van der Waals surface area contributed by atoms with Crippen molar-refractivity contribution < 1.29 is 9.18 Å². The Hall–Kier alpha value is -3.41. The quantitative estimate of drug-likeness (QED) is 0.728. The lowest BCUT2D eigenvalue weighted by atomic mass is 10.00. The third-order valence-electron chi connectivity index (χ3n) is 4.24. The molecule has 6 heteroatoms. The number of hydrogen-bond donors (Lipinski definition) is 0. The first kappa shape index (κ1) is 16.1. The number of carbonyl (C=O) groups is 1. The zero-order valence-electron chi connectivity index (χ0n) is 13.8. The number of nitrogens with zero attached hydrogens (tertiary/aromatic N) is 4. The molecular formula is C20H15FN4O. The molecule has 5 nitrogen and oxygen atoms in total. The highest BCUT2D eigenvalue weighted by molar-refractivity contribution is 6.03. The number of benzene rings is 1. The number of rotatable bonds is 3. The van der Waals surface area contributed by atoms with Gasteiger partial charge in [-0.2, -0.15) is 5.10 Å². The Morgan fingerprint density at radius 2 is 1.88 bits per heavy atom. The Labute approximate surface area is 149 Å². The van der Waals surface area contributed by atoms with Crippen molar-refractivity contribution in [2.75, 3.05) is 0 Å². The zero-order valence-corrected chi connectivity index (χ0v) is 13.8. The molecule has 3 heterocycles. The predicted molar refractivity (Wildman–Crippen MR) is 94.9 cm³/mol. The van der Waals surface area contributed by atoms with E-state index in [4.69, 9.17) is 0 Å². The minimum absolute atomic E-state index is 0.257. The zero-order chi connectivity index (χ0) is 17.9. The maximum absolute atomic E-state index is 13.7. The van der Waals surface area contributed by atoms with Crippen LogP contribution in [-0.2, 0) is 0 Å². The fourth-order valence-corrected chi connectivity index (χ4v) is 2.99. The number of hydrogen-bond acceptors (Lipinski definition) is 4. The molecule has 4 rings (SSSR count). The summed E-state index contributed by atoms with van der Waals surface area (Å²) in [5.74, 6) is -0.599. The molecule has 1 amide bonds. The van der Waals surface area contributed by atoms with Crippen molar-refractivity contribution in [2.24, 2.45) is 5.10 Å². The monoisotopic (exact) mass is 346 g/mol. The van der Waals surface area contributed by atoms with Gasteiger partial charge in [0.25, 0.3) is 5.91 Å². The van der Waals surface area contributed by atoms with Crippen LogP contribution in [0.25, 0.3) is 0 Å². The summed E-state index contributed by atoms with van der Waals surface area (Å²) < 4.78 is 13.7.